The number of hydrogen-bond acceptors (Lipinski definition) is 2. The first-order valence-electron chi connectivity index (χ1n) is 25.0. The summed E-state index contributed by atoms with van der Waals surface area (Å²) in [6, 6.07) is 101. The van der Waals surface area contributed by atoms with Crippen LogP contribution in [0.5, 0.6) is 11.5 Å². The molecule has 0 unspecified atom stereocenters. The molecule has 1 spiro atoms. The van der Waals surface area contributed by atoms with Crippen LogP contribution >= 0.6 is 0 Å². The highest BCUT2D eigenvalue weighted by Gasteiger charge is 2.52. The average Bonchev–Trinajstić information content (AvgIpc) is 3.92. The maximum Gasteiger partial charge on any atom is 0.140 e. The molecule has 2 heteroatoms. The summed E-state index contributed by atoms with van der Waals surface area (Å²) in [5, 5.41) is 4.56. The Hall–Kier alpha value is -9.24. The molecule has 72 heavy (non-hydrogen) atoms. The molecule has 1 heterocycles. The highest BCUT2D eigenvalue weighted by atomic mass is 16.5. The molecule has 15 rings (SSSR count). The van der Waals surface area contributed by atoms with Crippen molar-refractivity contribution in [2.24, 2.45) is 0 Å². The van der Waals surface area contributed by atoms with E-state index < -0.39 is 10.8 Å². The van der Waals surface area contributed by atoms with E-state index in [4.69, 9.17) is 4.74 Å². The Morgan fingerprint density at radius 1 is 0.278 bits per heavy atom. The van der Waals surface area contributed by atoms with Crippen molar-refractivity contribution in [2.45, 2.75) is 10.8 Å². The van der Waals surface area contributed by atoms with Gasteiger partial charge in [0.25, 0.3) is 0 Å². The Labute approximate surface area is 419 Å². The molecule has 2 aliphatic carbocycles. The van der Waals surface area contributed by atoms with E-state index in [2.05, 4.69) is 278 Å². The summed E-state index contributed by atoms with van der Waals surface area (Å²) in [5.41, 5.74) is 19.6. The summed E-state index contributed by atoms with van der Waals surface area (Å²) in [5.74, 6) is 1.85. The molecule has 0 radical (unpaired) electrons. The quantitative estimate of drug-likeness (QED) is 0.165. The van der Waals surface area contributed by atoms with Gasteiger partial charge in [0, 0.05) is 39.0 Å². The fourth-order valence-electron chi connectivity index (χ4n) is 13.1. The van der Waals surface area contributed by atoms with Crippen molar-refractivity contribution in [3.8, 4) is 44.9 Å². The van der Waals surface area contributed by atoms with Crippen LogP contribution in [0.15, 0.2) is 273 Å². The zero-order valence-electron chi connectivity index (χ0n) is 39.3. The minimum absolute atomic E-state index is 0.463. The van der Waals surface area contributed by atoms with Crippen LogP contribution in [-0.4, -0.2) is 0 Å². The van der Waals surface area contributed by atoms with Gasteiger partial charge in [-0.15, -0.1) is 0 Å². The smallest absolute Gasteiger partial charge is 0.140 e. The van der Waals surface area contributed by atoms with Crippen LogP contribution in [0.1, 0.15) is 44.5 Å². The van der Waals surface area contributed by atoms with Crippen LogP contribution in [0.2, 0.25) is 0 Å². The molecule has 0 saturated heterocycles. The summed E-state index contributed by atoms with van der Waals surface area (Å²) in [6.07, 6.45) is 0. The third kappa shape index (κ3) is 5.55. The van der Waals surface area contributed by atoms with Crippen molar-refractivity contribution in [1.29, 1.82) is 0 Å². The minimum atomic E-state index is -0.617. The SMILES string of the molecule is c1ccc(N(c2ccc(-c3cccc4c3-c3ccccc3C43c4ccc5ccccc5c4Oc4c3ccc3ccccc43)cc2)c2ccc3c(c2)-c2ccccc2C3(c2ccccc2)c2ccccc2)cc1. The summed E-state index contributed by atoms with van der Waals surface area (Å²) in [4.78, 5) is 2.40. The predicted octanol–water partition coefficient (Wildman–Crippen LogP) is 18.0. The number of fused-ring (bicyclic) bond motifs is 16. The Kier molecular flexibility index (Phi) is 8.82. The molecular weight excluding hydrogens is 871 g/mol. The van der Waals surface area contributed by atoms with Gasteiger partial charge < -0.3 is 9.64 Å². The second kappa shape index (κ2) is 15.6. The van der Waals surface area contributed by atoms with Gasteiger partial charge in [-0.2, -0.15) is 0 Å². The highest BCUT2D eigenvalue weighted by molar-refractivity contribution is 6.02. The molecule has 1 aliphatic heterocycles. The van der Waals surface area contributed by atoms with Crippen LogP contribution in [-0.2, 0) is 10.8 Å². The van der Waals surface area contributed by atoms with Crippen LogP contribution in [0, 0.1) is 0 Å². The van der Waals surface area contributed by atoms with Gasteiger partial charge in [-0.1, -0.05) is 237 Å². The molecule has 0 fully saturated rings. The van der Waals surface area contributed by atoms with E-state index in [0.29, 0.717) is 0 Å². The third-order valence-corrected chi connectivity index (χ3v) is 16.0. The molecule has 12 aromatic rings. The lowest BCUT2D eigenvalue weighted by Gasteiger charge is -2.40. The van der Waals surface area contributed by atoms with Gasteiger partial charge in [0.15, 0.2) is 0 Å². The minimum Gasteiger partial charge on any atom is -0.455 e. The Morgan fingerprint density at radius 2 is 0.736 bits per heavy atom. The largest absolute Gasteiger partial charge is 0.455 e. The molecule has 0 bridgehead atoms. The lowest BCUT2D eigenvalue weighted by Crippen LogP contribution is -2.32. The van der Waals surface area contributed by atoms with Gasteiger partial charge in [-0.3, -0.25) is 0 Å². The normalized spacial score (nSPS) is 13.9. The van der Waals surface area contributed by atoms with Crippen molar-refractivity contribution in [2.75, 3.05) is 4.90 Å². The first-order chi connectivity index (χ1) is 35.7. The van der Waals surface area contributed by atoms with E-state index in [1.54, 1.807) is 0 Å². The summed E-state index contributed by atoms with van der Waals surface area (Å²) in [7, 11) is 0. The first kappa shape index (κ1) is 40.6. The van der Waals surface area contributed by atoms with E-state index in [1.807, 2.05) is 0 Å². The van der Waals surface area contributed by atoms with Crippen LogP contribution in [0.25, 0.3) is 54.9 Å². The number of ether oxygens (including phenoxy) is 1. The van der Waals surface area contributed by atoms with Crippen LogP contribution in [0.4, 0.5) is 17.1 Å². The fourth-order valence-corrected chi connectivity index (χ4v) is 13.1. The molecule has 0 aromatic heterocycles. The van der Waals surface area contributed by atoms with E-state index in [9.17, 15) is 0 Å². The first-order valence-corrected chi connectivity index (χ1v) is 25.0. The molecule has 12 aromatic carbocycles. The highest BCUT2D eigenvalue weighted by Crippen LogP contribution is 2.65. The Morgan fingerprint density at radius 3 is 1.38 bits per heavy atom. The number of benzene rings is 12. The van der Waals surface area contributed by atoms with Gasteiger partial charge in [-0.05, 0) is 114 Å². The van der Waals surface area contributed by atoms with Crippen molar-refractivity contribution in [3.05, 3.63) is 317 Å². The fraction of sp³-hybridized carbons (Fsp3) is 0.0286. The number of rotatable bonds is 6. The summed E-state index contributed by atoms with van der Waals surface area (Å²) < 4.78 is 7.23. The van der Waals surface area contributed by atoms with Crippen molar-refractivity contribution < 1.29 is 4.74 Å². The molecule has 0 amide bonds. The number of hydrogen-bond donors (Lipinski definition) is 0. The van der Waals surface area contributed by atoms with Crippen molar-refractivity contribution in [3.63, 3.8) is 0 Å². The number of nitrogens with zero attached hydrogens (tertiary/aromatic N) is 1. The number of para-hydroxylation sites is 1. The van der Waals surface area contributed by atoms with E-state index >= 15 is 0 Å². The predicted molar refractivity (Wildman–Crippen MR) is 296 cm³/mol. The van der Waals surface area contributed by atoms with Gasteiger partial charge in [0.2, 0.25) is 0 Å². The van der Waals surface area contributed by atoms with Gasteiger partial charge in [-0.25, -0.2) is 0 Å². The maximum absolute atomic E-state index is 7.23. The summed E-state index contributed by atoms with van der Waals surface area (Å²) in [6.45, 7) is 0. The second-order valence-corrected chi connectivity index (χ2v) is 19.4. The van der Waals surface area contributed by atoms with Gasteiger partial charge in [0.05, 0.1) is 10.8 Å². The molecule has 336 valence electrons. The zero-order chi connectivity index (χ0) is 47.4. The van der Waals surface area contributed by atoms with Crippen molar-refractivity contribution in [1.82, 2.24) is 0 Å². The molecule has 0 saturated carbocycles. The maximum atomic E-state index is 7.23. The summed E-state index contributed by atoms with van der Waals surface area (Å²) >= 11 is 0. The molecule has 3 aliphatic rings. The zero-order valence-corrected chi connectivity index (χ0v) is 39.3. The Bertz CT molecular complexity index is 4000. The monoisotopic (exact) mass is 915 g/mol. The van der Waals surface area contributed by atoms with Crippen molar-refractivity contribution >= 4 is 38.6 Å². The second-order valence-electron chi connectivity index (χ2n) is 19.4. The molecule has 2 nitrogen and oxygen atoms in total. The lowest BCUT2D eigenvalue weighted by molar-refractivity contribution is 0.447. The van der Waals surface area contributed by atoms with Crippen LogP contribution < -0.4 is 9.64 Å². The molecular formula is C70H45NO. The van der Waals surface area contributed by atoms with Crippen LogP contribution in [0.3, 0.4) is 0 Å². The third-order valence-electron chi connectivity index (χ3n) is 16.0. The standard InChI is InChI=1S/C70H45NO/c1-4-21-49(22-5-1)69(50-23-6-2-7-24-50)60-32-16-14-29-57(60)59-45-53(41-44-62(59)69)71(51-25-8-3-9-26-51)52-39-35-48(36-40-52)54-31-18-34-63-66(54)58-30-15-17-33-61(58)70(63)64-42-37-46-19-10-12-27-55(46)67(64)72-68-56-28-13-11-20-47(56)38-43-65(68)70/h1-45H. The topological polar surface area (TPSA) is 12.5 Å². The van der Waals surface area contributed by atoms with E-state index in [0.717, 1.165) is 50.1 Å². The lowest BCUT2D eigenvalue weighted by atomic mass is 9.65. The number of anilines is 3. The average molecular weight is 916 g/mol. The molecule has 0 N–H and O–H groups in total. The van der Waals surface area contributed by atoms with Gasteiger partial charge >= 0.3 is 0 Å². The van der Waals surface area contributed by atoms with E-state index in [-0.39, 0.29) is 0 Å². The molecule has 0 atom stereocenters. The Balaban J connectivity index is 0.903. The van der Waals surface area contributed by atoms with Gasteiger partial charge in [0.1, 0.15) is 11.5 Å². The van der Waals surface area contributed by atoms with E-state index in [1.165, 1.54) is 77.9 Å².